The molecule has 1 unspecified atom stereocenters. The quantitative estimate of drug-likeness (QED) is 0.393. The van der Waals surface area contributed by atoms with E-state index in [1.807, 2.05) is 13.8 Å². The van der Waals surface area contributed by atoms with Crippen LogP contribution in [0.1, 0.15) is 27.2 Å². The first-order valence-electron chi connectivity index (χ1n) is 4.56. The molecule has 0 heterocycles. The molecule has 0 aliphatic carbocycles. The summed E-state index contributed by atoms with van der Waals surface area (Å²) < 4.78 is 10.5. The summed E-state index contributed by atoms with van der Waals surface area (Å²) >= 11 is 0. The Hall–Kier alpha value is -0.263. The molecule has 84 valence electrons. The molecule has 0 fully saturated rings. The van der Waals surface area contributed by atoms with Crippen LogP contribution in [0.25, 0.3) is 0 Å². The Morgan fingerprint density at radius 1 is 1.50 bits per heavy atom. The van der Waals surface area contributed by atoms with Gasteiger partial charge in [-0.25, -0.2) is 4.79 Å². The van der Waals surface area contributed by atoms with Crippen molar-refractivity contribution >= 4 is 29.2 Å². The van der Waals surface area contributed by atoms with E-state index >= 15 is 0 Å². The molecular weight excluding hydrogens is 216 g/mol. The predicted molar refractivity (Wildman–Crippen MR) is 65.5 cm³/mol. The highest BCUT2D eigenvalue weighted by Gasteiger charge is 2.13. The van der Waals surface area contributed by atoms with Gasteiger partial charge in [0.1, 0.15) is 5.73 Å². The van der Waals surface area contributed by atoms with Gasteiger partial charge in [-0.05, 0) is 20.3 Å². The van der Waals surface area contributed by atoms with Gasteiger partial charge in [-0.2, -0.15) is 13.5 Å². The Labute approximate surface area is 95.2 Å². The molecule has 0 N–H and O–H groups in total. The van der Waals surface area contributed by atoms with E-state index in [0.717, 1.165) is 6.42 Å². The zero-order valence-corrected chi connectivity index (χ0v) is 11.5. The number of hydrogen-bond donors (Lipinski definition) is 0. The monoisotopic (exact) mass is 236 g/mol. The molecule has 14 heavy (non-hydrogen) atoms. The Morgan fingerprint density at radius 2 is 2.07 bits per heavy atom. The van der Waals surface area contributed by atoms with Crippen LogP contribution in [0.2, 0.25) is 0 Å². The lowest BCUT2D eigenvalue weighted by atomic mass is 10.4. The molecule has 5 heteroatoms. The maximum atomic E-state index is 11.1. The molecule has 0 saturated heterocycles. The number of carbonyl (C=O) groups is 1. The second kappa shape index (κ2) is 9.30. The molecule has 0 radical (unpaired) electrons. The summed E-state index contributed by atoms with van der Waals surface area (Å²) in [5.41, 5.74) is 0.438. The lowest BCUT2D eigenvalue weighted by Crippen LogP contribution is -2.26. The molecule has 0 spiro atoms. The fourth-order valence-electron chi connectivity index (χ4n) is 0.736. The smallest absolute Gasteiger partial charge is 0.333 e. The molecule has 0 aromatic carbocycles. The van der Waals surface area contributed by atoms with Gasteiger partial charge in [0.15, 0.2) is 0 Å². The van der Waals surface area contributed by atoms with Gasteiger partial charge in [0.25, 0.3) is 0 Å². The first-order valence-corrected chi connectivity index (χ1v) is 5.95. The lowest BCUT2D eigenvalue weighted by Gasteiger charge is -2.14. The van der Waals surface area contributed by atoms with Crippen molar-refractivity contribution in [1.29, 1.82) is 0 Å². The molecule has 0 aromatic heterocycles. The number of esters is 1. The van der Waals surface area contributed by atoms with E-state index in [2.05, 4.69) is 6.58 Å². The lowest BCUT2D eigenvalue weighted by molar-refractivity contribution is -0.141. The van der Waals surface area contributed by atoms with Crippen LogP contribution in [0.4, 0.5) is 0 Å². The van der Waals surface area contributed by atoms with Crippen molar-refractivity contribution in [3.05, 3.63) is 12.2 Å². The molecule has 0 saturated carbocycles. The van der Waals surface area contributed by atoms with Gasteiger partial charge in [0.05, 0.1) is 0 Å². The number of rotatable bonds is 6. The van der Waals surface area contributed by atoms with Gasteiger partial charge >= 0.3 is 5.97 Å². The fraction of sp³-hybridized carbons (Fsp3) is 0.667. The summed E-state index contributed by atoms with van der Waals surface area (Å²) in [7, 11) is -0.734. The molecular formula is C9H20O3SSi. The zero-order chi connectivity index (χ0) is 10.3. The van der Waals surface area contributed by atoms with Crippen molar-refractivity contribution in [1.82, 2.24) is 0 Å². The van der Waals surface area contributed by atoms with E-state index in [1.165, 1.54) is 0 Å². The van der Waals surface area contributed by atoms with Crippen LogP contribution in [0.3, 0.4) is 0 Å². The van der Waals surface area contributed by atoms with Gasteiger partial charge in [-0.3, -0.25) is 0 Å². The molecule has 0 aliphatic rings. The van der Waals surface area contributed by atoms with Crippen LogP contribution in [0, 0.1) is 0 Å². The average molecular weight is 236 g/mol. The van der Waals surface area contributed by atoms with E-state index in [-0.39, 0.29) is 25.2 Å². The first kappa shape index (κ1) is 16.2. The van der Waals surface area contributed by atoms with Crippen LogP contribution >= 0.6 is 13.5 Å². The molecule has 0 bridgehead atoms. The normalized spacial score (nSPS) is 12.2. The predicted octanol–water partition coefficient (Wildman–Crippen LogP) is 1.07. The van der Waals surface area contributed by atoms with Crippen molar-refractivity contribution in [3.8, 4) is 0 Å². The Kier molecular flexibility index (Phi) is 10.7. The summed E-state index contributed by atoms with van der Waals surface area (Å²) in [5, 5.41) is 0. The van der Waals surface area contributed by atoms with Gasteiger partial charge in [-0.15, -0.1) is 0 Å². The second-order valence-corrected chi connectivity index (χ2v) is 4.53. The molecule has 3 nitrogen and oxygen atoms in total. The molecule has 0 aromatic rings. The van der Waals surface area contributed by atoms with Crippen molar-refractivity contribution in [2.75, 3.05) is 6.61 Å². The second-order valence-electron chi connectivity index (χ2n) is 2.88. The summed E-state index contributed by atoms with van der Waals surface area (Å²) in [6, 6.07) is 0. The highest BCUT2D eigenvalue weighted by atomic mass is 32.1. The maximum Gasteiger partial charge on any atom is 0.333 e. The topological polar surface area (TPSA) is 35.5 Å². The average Bonchev–Trinajstić information content (AvgIpc) is 2.11. The van der Waals surface area contributed by atoms with Gasteiger partial charge in [-0.1, -0.05) is 13.5 Å². The Bertz CT molecular complexity index is 185. The zero-order valence-electron chi connectivity index (χ0n) is 9.13. The Balaban J connectivity index is 0. The van der Waals surface area contributed by atoms with Crippen molar-refractivity contribution in [3.63, 3.8) is 0 Å². The van der Waals surface area contributed by atoms with E-state index in [9.17, 15) is 4.79 Å². The Morgan fingerprint density at radius 3 is 2.43 bits per heavy atom. The first-order chi connectivity index (χ1) is 6.11. The van der Waals surface area contributed by atoms with Crippen molar-refractivity contribution in [2.45, 2.75) is 32.9 Å². The largest absolute Gasteiger partial charge is 0.461 e. The molecule has 0 amide bonds. The summed E-state index contributed by atoms with van der Waals surface area (Å²) in [6.45, 7) is 9.81. The minimum Gasteiger partial charge on any atom is -0.461 e. The van der Waals surface area contributed by atoms with Crippen molar-refractivity contribution in [2.24, 2.45) is 0 Å². The third-order valence-corrected chi connectivity index (χ3v) is 3.35. The SMILES string of the molecule is C=C(C)C(=O)OC(CC)[SiH2]OCC.S. The summed E-state index contributed by atoms with van der Waals surface area (Å²) in [6.07, 6.45) is 0.825. The number of hydrogen-bond acceptors (Lipinski definition) is 3. The van der Waals surface area contributed by atoms with Crippen LogP contribution in [-0.2, 0) is 14.0 Å². The highest BCUT2D eigenvalue weighted by molar-refractivity contribution is 7.59. The van der Waals surface area contributed by atoms with E-state index in [0.29, 0.717) is 12.2 Å². The fourth-order valence-corrected chi connectivity index (χ4v) is 1.69. The third kappa shape index (κ3) is 7.17. The van der Waals surface area contributed by atoms with E-state index in [1.54, 1.807) is 6.92 Å². The van der Waals surface area contributed by atoms with E-state index < -0.39 is 9.76 Å². The minimum atomic E-state index is -0.734. The highest BCUT2D eigenvalue weighted by Crippen LogP contribution is 2.01. The minimum absolute atomic E-state index is 0. The number of carbonyl (C=O) groups excluding carboxylic acids is 1. The van der Waals surface area contributed by atoms with Crippen LogP contribution < -0.4 is 0 Å². The van der Waals surface area contributed by atoms with E-state index in [4.69, 9.17) is 9.16 Å². The van der Waals surface area contributed by atoms with Crippen LogP contribution in [0.15, 0.2) is 12.2 Å². The number of ether oxygens (including phenoxy) is 1. The molecule has 0 rings (SSSR count). The van der Waals surface area contributed by atoms with Gasteiger partial charge < -0.3 is 9.16 Å². The van der Waals surface area contributed by atoms with Crippen LogP contribution in [0.5, 0.6) is 0 Å². The van der Waals surface area contributed by atoms with Gasteiger partial charge in [0, 0.05) is 12.2 Å². The molecule has 1 atom stereocenters. The molecule has 0 aliphatic heterocycles. The van der Waals surface area contributed by atoms with Gasteiger partial charge in [0.2, 0.25) is 9.76 Å². The summed E-state index contributed by atoms with van der Waals surface area (Å²) in [5.74, 6) is -0.306. The van der Waals surface area contributed by atoms with Crippen LogP contribution in [-0.4, -0.2) is 28.1 Å². The maximum absolute atomic E-state index is 11.1. The summed E-state index contributed by atoms with van der Waals surface area (Å²) in [4.78, 5) is 11.1. The standard InChI is InChI=1S/C9H18O3Si.H2S/c1-5-8(13-11-6-2)12-9(10)7(3)4;/h8H,3,5-6,13H2,1-2,4H3;1H2. The third-order valence-electron chi connectivity index (χ3n) is 1.59. The van der Waals surface area contributed by atoms with Crippen molar-refractivity contribution < 1.29 is 14.0 Å².